The van der Waals surface area contributed by atoms with E-state index in [0.717, 1.165) is 0 Å². The summed E-state index contributed by atoms with van der Waals surface area (Å²) in [5, 5.41) is 0. The van der Waals surface area contributed by atoms with E-state index in [2.05, 4.69) is 6.92 Å². The average Bonchev–Trinajstić information content (AvgIpc) is 2.11. The third kappa shape index (κ3) is 9.30. The van der Waals surface area contributed by atoms with Gasteiger partial charge in [0.05, 0.1) is 19.8 Å². The highest BCUT2D eigenvalue weighted by molar-refractivity contribution is 5.69. The summed E-state index contributed by atoms with van der Waals surface area (Å²) in [5.74, 6) is -0.217. The van der Waals surface area contributed by atoms with Crippen molar-refractivity contribution in [2.45, 2.75) is 12.8 Å². The molecule has 1 radical (unpaired) electrons. The van der Waals surface area contributed by atoms with Crippen molar-refractivity contribution in [2.75, 3.05) is 33.5 Å². The van der Waals surface area contributed by atoms with Gasteiger partial charge in [-0.3, -0.25) is 4.79 Å². The van der Waals surface area contributed by atoms with Crippen molar-refractivity contribution in [3.05, 3.63) is 6.92 Å². The Labute approximate surface area is 79.2 Å². The van der Waals surface area contributed by atoms with Crippen LogP contribution in [0.5, 0.6) is 0 Å². The van der Waals surface area contributed by atoms with E-state index in [4.69, 9.17) is 14.2 Å². The van der Waals surface area contributed by atoms with Gasteiger partial charge in [-0.15, -0.1) is 0 Å². The van der Waals surface area contributed by atoms with Crippen LogP contribution >= 0.6 is 0 Å². The molecular formula is C9H17O4. The standard InChI is InChI=1S/C9H17O4/c1-3-4-9(10)13-8-7-12-6-5-11-2/h1,3-8H2,2H3. The van der Waals surface area contributed by atoms with Crippen LogP contribution in [-0.4, -0.2) is 39.5 Å². The smallest absolute Gasteiger partial charge is 0.305 e. The number of hydrogen-bond acceptors (Lipinski definition) is 4. The Bertz CT molecular complexity index is 125. The first-order chi connectivity index (χ1) is 6.31. The second kappa shape index (κ2) is 9.48. The predicted molar refractivity (Wildman–Crippen MR) is 48.2 cm³/mol. The Hall–Kier alpha value is -0.610. The zero-order valence-electron chi connectivity index (χ0n) is 8.08. The van der Waals surface area contributed by atoms with Gasteiger partial charge < -0.3 is 14.2 Å². The van der Waals surface area contributed by atoms with Crippen molar-refractivity contribution in [1.82, 2.24) is 0 Å². The van der Waals surface area contributed by atoms with Crippen LogP contribution in [0.1, 0.15) is 12.8 Å². The molecule has 0 aliphatic rings. The lowest BCUT2D eigenvalue weighted by molar-refractivity contribution is -0.145. The van der Waals surface area contributed by atoms with Gasteiger partial charge in [-0.05, 0) is 6.42 Å². The molecule has 0 fully saturated rings. The van der Waals surface area contributed by atoms with Crippen molar-refractivity contribution in [3.63, 3.8) is 0 Å². The molecule has 13 heavy (non-hydrogen) atoms. The minimum Gasteiger partial charge on any atom is -0.463 e. The van der Waals surface area contributed by atoms with Gasteiger partial charge in [-0.1, -0.05) is 6.92 Å². The molecule has 0 atom stereocenters. The van der Waals surface area contributed by atoms with Crippen molar-refractivity contribution in [2.24, 2.45) is 0 Å². The summed E-state index contributed by atoms with van der Waals surface area (Å²) in [7, 11) is 1.61. The third-order valence-corrected chi connectivity index (χ3v) is 1.30. The molecule has 0 saturated carbocycles. The first kappa shape index (κ1) is 12.4. The van der Waals surface area contributed by atoms with Crippen LogP contribution in [0.2, 0.25) is 0 Å². The summed E-state index contributed by atoms with van der Waals surface area (Å²) < 4.78 is 14.7. The van der Waals surface area contributed by atoms with E-state index in [9.17, 15) is 4.79 Å². The maximum atomic E-state index is 10.8. The Balaban J connectivity index is 3.02. The average molecular weight is 189 g/mol. The number of carbonyl (C=O) groups is 1. The normalized spacial score (nSPS) is 10.0. The van der Waals surface area contributed by atoms with Crippen molar-refractivity contribution in [3.8, 4) is 0 Å². The topological polar surface area (TPSA) is 44.8 Å². The fourth-order valence-electron chi connectivity index (χ4n) is 0.675. The zero-order chi connectivity index (χ0) is 9.94. The van der Waals surface area contributed by atoms with E-state index in [0.29, 0.717) is 39.3 Å². The number of rotatable bonds is 8. The largest absolute Gasteiger partial charge is 0.463 e. The molecule has 0 aromatic rings. The summed E-state index contributed by atoms with van der Waals surface area (Å²) in [4.78, 5) is 10.8. The molecule has 0 saturated heterocycles. The molecule has 0 aliphatic heterocycles. The maximum absolute atomic E-state index is 10.8. The van der Waals surface area contributed by atoms with Crippen LogP contribution < -0.4 is 0 Å². The molecule has 0 spiro atoms. The van der Waals surface area contributed by atoms with Gasteiger partial charge in [0.1, 0.15) is 6.61 Å². The van der Waals surface area contributed by atoms with Gasteiger partial charge in [0, 0.05) is 13.5 Å². The molecule has 0 rings (SSSR count). The molecule has 77 valence electrons. The highest BCUT2D eigenvalue weighted by Crippen LogP contribution is 1.90. The lowest BCUT2D eigenvalue weighted by Crippen LogP contribution is -2.12. The first-order valence-electron chi connectivity index (χ1n) is 4.32. The molecule has 0 unspecified atom stereocenters. The highest BCUT2D eigenvalue weighted by atomic mass is 16.6. The van der Waals surface area contributed by atoms with E-state index in [1.54, 1.807) is 7.11 Å². The summed E-state index contributed by atoms with van der Waals surface area (Å²) in [6, 6.07) is 0. The molecule has 0 heterocycles. The maximum Gasteiger partial charge on any atom is 0.305 e. The number of esters is 1. The van der Waals surface area contributed by atoms with Gasteiger partial charge in [0.2, 0.25) is 0 Å². The summed E-state index contributed by atoms with van der Waals surface area (Å²) in [6.07, 6.45) is 0.946. The second-order valence-corrected chi connectivity index (χ2v) is 2.43. The lowest BCUT2D eigenvalue weighted by Gasteiger charge is -2.04. The Kier molecular flexibility index (Phi) is 9.03. The van der Waals surface area contributed by atoms with Crippen LogP contribution in [0.3, 0.4) is 0 Å². The van der Waals surface area contributed by atoms with Crippen molar-refractivity contribution in [1.29, 1.82) is 0 Å². The summed E-state index contributed by atoms with van der Waals surface area (Å²) in [6.45, 7) is 5.37. The van der Waals surface area contributed by atoms with E-state index in [1.165, 1.54) is 0 Å². The monoisotopic (exact) mass is 189 g/mol. The lowest BCUT2D eigenvalue weighted by atomic mass is 10.3. The molecule has 0 aromatic heterocycles. The molecule has 0 N–H and O–H groups in total. The fourth-order valence-corrected chi connectivity index (χ4v) is 0.675. The number of hydrogen-bond donors (Lipinski definition) is 0. The van der Waals surface area contributed by atoms with E-state index < -0.39 is 0 Å². The minimum atomic E-state index is -0.217. The van der Waals surface area contributed by atoms with Gasteiger partial charge in [-0.2, -0.15) is 0 Å². The van der Waals surface area contributed by atoms with Crippen molar-refractivity contribution < 1.29 is 19.0 Å². The minimum absolute atomic E-state index is 0.217. The third-order valence-electron chi connectivity index (χ3n) is 1.30. The van der Waals surface area contributed by atoms with Gasteiger partial charge in [-0.25, -0.2) is 0 Å². The molecule has 0 bridgehead atoms. The molecule has 4 nitrogen and oxygen atoms in total. The Morgan fingerprint density at radius 1 is 1.23 bits per heavy atom. The molecular weight excluding hydrogens is 172 g/mol. The number of carbonyl (C=O) groups excluding carboxylic acids is 1. The van der Waals surface area contributed by atoms with Crippen LogP contribution in [0, 0.1) is 6.92 Å². The molecule has 4 heteroatoms. The van der Waals surface area contributed by atoms with Crippen LogP contribution in [0.15, 0.2) is 0 Å². The van der Waals surface area contributed by atoms with Gasteiger partial charge in [0.15, 0.2) is 0 Å². The van der Waals surface area contributed by atoms with Crippen LogP contribution in [0.4, 0.5) is 0 Å². The first-order valence-corrected chi connectivity index (χ1v) is 4.32. The van der Waals surface area contributed by atoms with Gasteiger partial charge >= 0.3 is 5.97 Å². The van der Waals surface area contributed by atoms with E-state index in [-0.39, 0.29) is 5.97 Å². The van der Waals surface area contributed by atoms with Gasteiger partial charge in [0.25, 0.3) is 0 Å². The predicted octanol–water partition coefficient (Wildman–Crippen LogP) is 0.807. The van der Waals surface area contributed by atoms with Crippen LogP contribution in [-0.2, 0) is 19.0 Å². The highest BCUT2D eigenvalue weighted by Gasteiger charge is 1.99. The molecule has 0 aromatic carbocycles. The number of ether oxygens (including phenoxy) is 3. The molecule has 0 aliphatic carbocycles. The fraction of sp³-hybridized carbons (Fsp3) is 0.778. The van der Waals surface area contributed by atoms with Crippen molar-refractivity contribution >= 4 is 5.97 Å². The summed E-state index contributed by atoms with van der Waals surface area (Å²) >= 11 is 0. The molecule has 0 amide bonds. The number of methoxy groups -OCH3 is 1. The zero-order valence-corrected chi connectivity index (χ0v) is 8.08. The van der Waals surface area contributed by atoms with E-state index >= 15 is 0 Å². The van der Waals surface area contributed by atoms with E-state index in [1.807, 2.05) is 0 Å². The second-order valence-electron chi connectivity index (χ2n) is 2.43. The summed E-state index contributed by atoms with van der Waals surface area (Å²) in [5.41, 5.74) is 0. The SMILES string of the molecule is [CH2]CCC(=O)OCCOCCOC. The van der Waals surface area contributed by atoms with Crippen LogP contribution in [0.25, 0.3) is 0 Å². The Morgan fingerprint density at radius 2 is 1.92 bits per heavy atom. The Morgan fingerprint density at radius 3 is 2.54 bits per heavy atom. The quantitative estimate of drug-likeness (QED) is 0.418.